The van der Waals surface area contributed by atoms with Crippen LogP contribution in [0.15, 0.2) is 128 Å². The number of nitrogens with zero attached hydrogens (tertiary/aromatic N) is 4. The molecule has 4 nitrogen and oxygen atoms in total. The predicted molar refractivity (Wildman–Crippen MR) is 231 cm³/mol. The second kappa shape index (κ2) is 25.3. The molecule has 8 rings (SSSR count). The first-order valence-electron chi connectivity index (χ1n) is 19.8. The number of aromatic nitrogens is 4. The van der Waals surface area contributed by atoms with Crippen molar-refractivity contribution in [3.8, 4) is 22.3 Å². The van der Waals surface area contributed by atoms with Crippen molar-refractivity contribution in [1.82, 2.24) is 19.9 Å². The topological polar surface area (TPSA) is 51.6 Å². The third kappa shape index (κ3) is 15.3. The number of benzene rings is 1. The Morgan fingerprint density at radius 2 is 0.741 bits per heavy atom. The molecule has 4 aromatic heterocycles. The predicted octanol–water partition coefficient (Wildman–Crippen LogP) is 13.5. The van der Waals surface area contributed by atoms with Gasteiger partial charge in [0.15, 0.2) is 0 Å². The smallest absolute Gasteiger partial charge is 0.0273 e. The molecular formula is C46H56Cl2N4PRu+. The van der Waals surface area contributed by atoms with Crippen LogP contribution >= 0.6 is 27.3 Å². The first-order chi connectivity index (χ1) is 26.7. The van der Waals surface area contributed by atoms with Gasteiger partial charge in [-0.2, -0.15) is 0 Å². The molecule has 3 aliphatic rings. The third-order valence-corrected chi connectivity index (χ3v) is 16.8. The fourth-order valence-corrected chi connectivity index (χ4v) is 14.3. The van der Waals surface area contributed by atoms with Crippen LogP contribution in [0.5, 0.6) is 0 Å². The average molecular weight is 868 g/mol. The van der Waals surface area contributed by atoms with Gasteiger partial charge in [0.1, 0.15) is 0 Å². The van der Waals surface area contributed by atoms with Crippen molar-refractivity contribution < 1.29 is 13.5 Å². The van der Waals surface area contributed by atoms with Crippen molar-refractivity contribution in [2.45, 2.75) is 113 Å². The molecule has 0 unspecified atom stereocenters. The molecule has 0 saturated heterocycles. The number of pyridine rings is 4. The van der Waals surface area contributed by atoms with E-state index in [-0.39, 0.29) is 7.92 Å². The number of hydrogen-bond donors (Lipinski definition) is 0. The zero-order chi connectivity index (χ0) is 37.5. The van der Waals surface area contributed by atoms with Gasteiger partial charge in [0.2, 0.25) is 0 Å². The van der Waals surface area contributed by atoms with Crippen molar-refractivity contribution >= 4 is 37.6 Å². The Bertz CT molecular complexity index is 1560. The Hall–Kier alpha value is -2.90. The number of halogens is 2. The van der Waals surface area contributed by atoms with Crippen LogP contribution in [0.3, 0.4) is 0 Å². The van der Waals surface area contributed by atoms with Crippen LogP contribution in [0, 0.1) is 0 Å². The van der Waals surface area contributed by atoms with Crippen LogP contribution < -0.4 is 0 Å². The molecule has 0 spiro atoms. The van der Waals surface area contributed by atoms with Gasteiger partial charge in [-0.05, 0) is 148 Å². The van der Waals surface area contributed by atoms with E-state index in [0.29, 0.717) is 0 Å². The maximum absolute atomic E-state index is 5.59. The maximum atomic E-state index is 5.59. The summed E-state index contributed by atoms with van der Waals surface area (Å²) in [4.78, 5) is 15.8. The van der Waals surface area contributed by atoms with E-state index < -0.39 is 13.5 Å². The molecule has 3 fully saturated rings. The van der Waals surface area contributed by atoms with Gasteiger partial charge in [-0.25, -0.2) is 0 Å². The van der Waals surface area contributed by atoms with E-state index in [1.807, 2.05) is 84.9 Å². The van der Waals surface area contributed by atoms with E-state index >= 15 is 0 Å². The molecule has 286 valence electrons. The minimum atomic E-state index is -1.74. The van der Waals surface area contributed by atoms with E-state index in [0.717, 1.165) is 5.56 Å². The quantitative estimate of drug-likeness (QED) is 0.126. The van der Waals surface area contributed by atoms with Gasteiger partial charge >= 0.3 is 79.1 Å². The molecule has 0 amide bonds. The zero-order valence-corrected chi connectivity index (χ0v) is 35.7. The molecule has 3 aliphatic carbocycles. The minimum Gasteiger partial charge on any atom is -0.265 e. The first kappa shape index (κ1) is 42.3. The molecule has 5 aromatic rings. The summed E-state index contributed by atoms with van der Waals surface area (Å²) in [5, 5.41) is 0. The maximum Gasteiger partial charge on any atom is 0.0273 e. The number of rotatable bonds is 6. The Kier molecular flexibility index (Phi) is 19.8. The Labute approximate surface area is 338 Å². The van der Waals surface area contributed by atoms with E-state index in [1.165, 1.54) is 39.2 Å². The van der Waals surface area contributed by atoms with Gasteiger partial charge in [-0.3, -0.25) is 19.9 Å². The van der Waals surface area contributed by atoms with Crippen LogP contribution in [0.25, 0.3) is 28.3 Å². The van der Waals surface area contributed by atoms with Crippen molar-refractivity contribution in [2.24, 2.45) is 0 Å². The van der Waals surface area contributed by atoms with Crippen LogP contribution in [0.2, 0.25) is 0 Å². The molecule has 0 bridgehead atoms. The SMILES string of the molecule is C1CCC([PH+](C2CCCCC2)C2CCCCC2)CC1.[Cl][Ru]([Cl])=[C]=Cc1ccccc1.c1cc(-c2ccncc2)ccn1.c1cc(-c2ccncc2)ccn1. The molecule has 54 heavy (non-hydrogen) atoms. The Morgan fingerprint density at radius 3 is 1.02 bits per heavy atom. The van der Waals surface area contributed by atoms with Gasteiger partial charge in [0, 0.05) is 57.5 Å². The largest absolute Gasteiger partial charge is 0.265 e. The summed E-state index contributed by atoms with van der Waals surface area (Å²) in [5.41, 5.74) is 9.46. The second-order valence-corrected chi connectivity index (χ2v) is 23.1. The van der Waals surface area contributed by atoms with Crippen LogP contribution in [0.4, 0.5) is 0 Å². The molecule has 1 aromatic carbocycles. The van der Waals surface area contributed by atoms with Crippen molar-refractivity contribution in [3.05, 3.63) is 134 Å². The summed E-state index contributed by atoms with van der Waals surface area (Å²) < 4.78 is 2.91. The zero-order valence-electron chi connectivity index (χ0n) is 31.4. The summed E-state index contributed by atoms with van der Waals surface area (Å²) >= 11 is -1.74. The summed E-state index contributed by atoms with van der Waals surface area (Å²) in [6.07, 6.45) is 39.9. The first-order valence-corrected chi connectivity index (χ1v) is 26.9. The molecule has 3 saturated carbocycles. The van der Waals surface area contributed by atoms with Crippen LogP contribution in [-0.4, -0.2) is 41.2 Å². The monoisotopic (exact) mass is 867 g/mol. The fraction of sp³-hybridized carbons (Fsp3) is 0.391. The van der Waals surface area contributed by atoms with Gasteiger partial charge in [-0.1, -0.05) is 19.3 Å². The van der Waals surface area contributed by atoms with Crippen molar-refractivity contribution in [3.63, 3.8) is 0 Å². The van der Waals surface area contributed by atoms with E-state index in [1.54, 1.807) is 146 Å². The molecule has 0 atom stereocenters. The van der Waals surface area contributed by atoms with Gasteiger partial charge in [0.25, 0.3) is 0 Å². The standard InChI is InChI=1S/C18H33P.2C10H8N2.C8H6.2ClH.Ru/c1-4-10-16(11-5-1)19(17-12-6-2-7-13-17)18-14-8-3-9-15-18;2*1-5-11-6-2-9(1)10-3-7-12-8-4-10;1-2-8-6-4-3-5-7-8;;;/h16-18H,1-15H2;2*1-8H;2-7H;2*1H;/q;;;;;;+2/p-1. The fourth-order valence-electron chi connectivity index (χ4n) is 8.13. The molecule has 4 heterocycles. The summed E-state index contributed by atoms with van der Waals surface area (Å²) in [5.74, 6) is 0. The van der Waals surface area contributed by atoms with Gasteiger partial charge in [0.05, 0.1) is 17.0 Å². The normalized spacial score (nSPS) is 16.5. The van der Waals surface area contributed by atoms with Crippen molar-refractivity contribution in [1.29, 1.82) is 0 Å². The van der Waals surface area contributed by atoms with Gasteiger partial charge in [-0.15, -0.1) is 0 Å². The summed E-state index contributed by atoms with van der Waals surface area (Å²) in [7, 11) is 11.1. The third-order valence-electron chi connectivity index (χ3n) is 10.7. The molecule has 0 N–H and O–H groups in total. The second-order valence-electron chi connectivity index (χ2n) is 14.3. The number of hydrogen-bond acceptors (Lipinski definition) is 4. The van der Waals surface area contributed by atoms with E-state index in [4.69, 9.17) is 19.4 Å². The molecular weight excluding hydrogens is 811 g/mol. The molecule has 0 aliphatic heterocycles. The van der Waals surface area contributed by atoms with Crippen molar-refractivity contribution in [2.75, 3.05) is 0 Å². The Morgan fingerprint density at radius 1 is 0.444 bits per heavy atom. The average Bonchev–Trinajstić information content (AvgIpc) is 3.26. The molecule has 8 heteroatoms. The van der Waals surface area contributed by atoms with E-state index in [2.05, 4.69) is 24.2 Å². The molecule has 0 radical (unpaired) electrons. The van der Waals surface area contributed by atoms with Gasteiger partial charge < -0.3 is 0 Å². The summed E-state index contributed by atoms with van der Waals surface area (Å²) in [6.45, 7) is 0. The summed E-state index contributed by atoms with van der Waals surface area (Å²) in [6, 6.07) is 25.7. The van der Waals surface area contributed by atoms with Crippen LogP contribution in [0.1, 0.15) is 102 Å². The van der Waals surface area contributed by atoms with E-state index in [9.17, 15) is 0 Å². The van der Waals surface area contributed by atoms with Crippen LogP contribution in [-0.2, 0) is 13.5 Å². The Balaban J connectivity index is 0.000000143. The minimum absolute atomic E-state index is 0.0465.